The van der Waals surface area contributed by atoms with E-state index in [1.807, 2.05) is 30.3 Å². The van der Waals surface area contributed by atoms with Crippen molar-refractivity contribution in [2.45, 2.75) is 32.6 Å². The van der Waals surface area contributed by atoms with E-state index in [1.54, 1.807) is 13.0 Å². The summed E-state index contributed by atoms with van der Waals surface area (Å²) in [4.78, 5) is 41.8. The second kappa shape index (κ2) is 12.1. The number of benzene rings is 2. The average Bonchev–Trinajstić information content (AvgIpc) is 3.26. The van der Waals surface area contributed by atoms with Crippen LogP contribution in [0.2, 0.25) is 0 Å². The Labute approximate surface area is 225 Å². The highest BCUT2D eigenvalue weighted by Crippen LogP contribution is 2.41. The summed E-state index contributed by atoms with van der Waals surface area (Å²) in [7, 11) is 0. The van der Waals surface area contributed by atoms with Crippen LogP contribution in [0.5, 0.6) is 5.75 Å². The van der Waals surface area contributed by atoms with E-state index < -0.39 is 17.5 Å². The van der Waals surface area contributed by atoms with Gasteiger partial charge in [-0.15, -0.1) is 11.3 Å². The molecule has 0 saturated carbocycles. The van der Waals surface area contributed by atoms with E-state index >= 15 is 0 Å². The number of halogens is 1. The van der Waals surface area contributed by atoms with E-state index in [1.165, 1.54) is 23.6 Å². The zero-order valence-corrected chi connectivity index (χ0v) is 22.4. The number of nitrogens with one attached hydrogen (secondary N) is 1. The Morgan fingerprint density at radius 2 is 1.97 bits per heavy atom. The second-order valence-corrected chi connectivity index (χ2v) is 10.1. The number of nitrogens with zero attached hydrogens (tertiary/aromatic N) is 2. The fourth-order valence-corrected chi connectivity index (χ4v) is 5.82. The number of esters is 1. The predicted molar refractivity (Wildman–Crippen MR) is 146 cm³/mol. The number of anilines is 1. The Kier molecular flexibility index (Phi) is 8.67. The number of hydrogen-bond acceptors (Lipinski definition) is 8. The maximum atomic E-state index is 13.3. The minimum absolute atomic E-state index is 0.0790. The van der Waals surface area contributed by atoms with Gasteiger partial charge in [0, 0.05) is 28.4 Å². The molecule has 1 aromatic heterocycles. The number of carbonyl (C=O) groups is 2. The first-order chi connectivity index (χ1) is 17.9. The van der Waals surface area contributed by atoms with Crippen LogP contribution in [0.3, 0.4) is 0 Å². The van der Waals surface area contributed by atoms with Gasteiger partial charge in [-0.3, -0.25) is 14.9 Å². The number of aliphatic imine (C=N–C) groups is 1. The van der Waals surface area contributed by atoms with Crippen molar-refractivity contribution in [3.8, 4) is 5.75 Å². The van der Waals surface area contributed by atoms with Crippen molar-refractivity contribution in [2.75, 3.05) is 18.5 Å². The molecule has 9 nitrogen and oxygen atoms in total. The summed E-state index contributed by atoms with van der Waals surface area (Å²) in [6.07, 6.45) is 5.25. The molecule has 1 aliphatic rings. The van der Waals surface area contributed by atoms with Gasteiger partial charge in [0.1, 0.15) is 5.00 Å². The minimum atomic E-state index is -0.627. The predicted octanol–water partition coefficient (Wildman–Crippen LogP) is 6.24. The van der Waals surface area contributed by atoms with Crippen LogP contribution in [-0.2, 0) is 22.4 Å². The van der Waals surface area contributed by atoms with Crippen LogP contribution in [0.1, 0.15) is 46.1 Å². The summed E-state index contributed by atoms with van der Waals surface area (Å²) in [5.74, 6) is -0.936. The number of para-hydroxylation sites is 1. The quantitative estimate of drug-likeness (QED) is 0.137. The standard InChI is InChI=1S/C26H24BrN3O6S/c1-2-35-22(31)15-36-24-19(27)12-16(13-20(24)30(33)34)14-28-26-23(18-10-6-7-11-21(18)37-26)25(32)29-17-8-4-3-5-9-17/h3-5,8-9,12-14H,2,6-7,10-11,15H2,1H3,(H,29,32). The van der Waals surface area contributed by atoms with Gasteiger partial charge in [-0.25, -0.2) is 9.79 Å². The van der Waals surface area contributed by atoms with Crippen molar-refractivity contribution in [3.63, 3.8) is 0 Å². The molecule has 4 rings (SSSR count). The van der Waals surface area contributed by atoms with E-state index in [0.29, 0.717) is 26.3 Å². The third-order valence-corrected chi connectivity index (χ3v) is 7.41. The first-order valence-electron chi connectivity index (χ1n) is 11.7. The largest absolute Gasteiger partial charge is 0.474 e. The molecule has 0 spiro atoms. The van der Waals surface area contributed by atoms with Crippen molar-refractivity contribution in [1.82, 2.24) is 0 Å². The molecule has 0 radical (unpaired) electrons. The molecule has 1 amide bonds. The lowest BCUT2D eigenvalue weighted by atomic mass is 9.95. The molecule has 11 heteroatoms. The number of nitro benzene ring substituents is 1. The number of thiophene rings is 1. The number of carbonyl (C=O) groups excluding carboxylic acids is 2. The monoisotopic (exact) mass is 585 g/mol. The Bertz CT molecular complexity index is 1360. The Balaban J connectivity index is 1.64. The summed E-state index contributed by atoms with van der Waals surface area (Å²) >= 11 is 4.77. The summed E-state index contributed by atoms with van der Waals surface area (Å²) in [5.41, 5.74) is 2.36. The Hall–Kier alpha value is -3.57. The summed E-state index contributed by atoms with van der Waals surface area (Å²) in [6, 6.07) is 12.1. The SMILES string of the molecule is CCOC(=O)COc1c(Br)cc(C=Nc2sc3c(c2C(=O)Nc2ccccc2)CCCC3)cc1[N+](=O)[O-]. The van der Waals surface area contributed by atoms with E-state index in [4.69, 9.17) is 9.47 Å². The van der Waals surface area contributed by atoms with Crippen LogP contribution in [0.4, 0.5) is 16.4 Å². The highest BCUT2D eigenvalue weighted by molar-refractivity contribution is 9.10. The van der Waals surface area contributed by atoms with Crippen LogP contribution in [0.15, 0.2) is 51.9 Å². The zero-order chi connectivity index (χ0) is 26.4. The van der Waals surface area contributed by atoms with Crippen LogP contribution in [0, 0.1) is 10.1 Å². The maximum absolute atomic E-state index is 13.3. The third-order valence-electron chi connectivity index (χ3n) is 5.63. The van der Waals surface area contributed by atoms with Gasteiger partial charge < -0.3 is 14.8 Å². The number of ether oxygens (including phenoxy) is 2. The average molecular weight is 586 g/mol. The summed E-state index contributed by atoms with van der Waals surface area (Å²) in [5, 5.41) is 15.2. The van der Waals surface area contributed by atoms with E-state index in [-0.39, 0.29) is 24.0 Å². The van der Waals surface area contributed by atoms with Gasteiger partial charge in [0.05, 0.1) is 21.6 Å². The molecule has 0 atom stereocenters. The first kappa shape index (κ1) is 26.5. The molecule has 3 aromatic rings. The minimum Gasteiger partial charge on any atom is -0.474 e. The van der Waals surface area contributed by atoms with E-state index in [9.17, 15) is 19.7 Å². The number of hydrogen-bond donors (Lipinski definition) is 1. The van der Waals surface area contributed by atoms with Crippen LogP contribution in [0.25, 0.3) is 0 Å². The number of nitro groups is 1. The Morgan fingerprint density at radius 1 is 1.22 bits per heavy atom. The van der Waals surface area contributed by atoms with Crippen LogP contribution >= 0.6 is 27.3 Å². The molecular weight excluding hydrogens is 562 g/mol. The van der Waals surface area contributed by atoms with E-state index in [2.05, 4.69) is 26.2 Å². The normalized spacial score (nSPS) is 12.7. The van der Waals surface area contributed by atoms with Crippen molar-refractivity contribution in [3.05, 3.63) is 78.6 Å². The molecule has 0 aliphatic heterocycles. The molecule has 0 bridgehead atoms. The van der Waals surface area contributed by atoms with Gasteiger partial charge in [0.25, 0.3) is 5.91 Å². The van der Waals surface area contributed by atoms with Crippen LogP contribution in [-0.4, -0.2) is 36.2 Å². The number of aryl methyl sites for hydroxylation is 1. The number of fused-ring (bicyclic) bond motifs is 1. The van der Waals surface area contributed by atoms with Gasteiger partial charge in [0.15, 0.2) is 6.61 Å². The fourth-order valence-electron chi connectivity index (χ4n) is 4.01. The lowest BCUT2D eigenvalue weighted by molar-refractivity contribution is -0.385. The van der Waals surface area contributed by atoms with Gasteiger partial charge in [0.2, 0.25) is 5.75 Å². The van der Waals surface area contributed by atoms with E-state index in [0.717, 1.165) is 36.1 Å². The topological polar surface area (TPSA) is 120 Å². The molecule has 192 valence electrons. The van der Waals surface area contributed by atoms with Crippen molar-refractivity contribution in [1.29, 1.82) is 0 Å². The van der Waals surface area contributed by atoms with Crippen molar-refractivity contribution < 1.29 is 24.0 Å². The molecule has 0 unspecified atom stereocenters. The van der Waals surface area contributed by atoms with Crippen LogP contribution < -0.4 is 10.1 Å². The number of amides is 1. The molecule has 1 heterocycles. The third kappa shape index (κ3) is 6.41. The molecule has 0 saturated heterocycles. The van der Waals surface area contributed by atoms with Gasteiger partial charge in [-0.05, 0) is 72.3 Å². The number of rotatable bonds is 9. The maximum Gasteiger partial charge on any atom is 0.344 e. The molecule has 1 aliphatic carbocycles. The highest BCUT2D eigenvalue weighted by atomic mass is 79.9. The Morgan fingerprint density at radius 3 is 2.70 bits per heavy atom. The smallest absolute Gasteiger partial charge is 0.344 e. The summed E-state index contributed by atoms with van der Waals surface area (Å²) < 4.78 is 10.5. The lowest BCUT2D eigenvalue weighted by Crippen LogP contribution is -2.15. The van der Waals surface area contributed by atoms with Crippen molar-refractivity contribution in [2.24, 2.45) is 4.99 Å². The molecular formula is C26H24BrN3O6S. The lowest BCUT2D eigenvalue weighted by Gasteiger charge is -2.12. The molecule has 0 fully saturated rings. The van der Waals surface area contributed by atoms with Gasteiger partial charge in [-0.1, -0.05) is 18.2 Å². The summed E-state index contributed by atoms with van der Waals surface area (Å²) in [6.45, 7) is 1.38. The fraction of sp³-hybridized carbons (Fsp3) is 0.269. The molecule has 2 aromatic carbocycles. The first-order valence-corrected chi connectivity index (χ1v) is 13.3. The zero-order valence-electron chi connectivity index (χ0n) is 20.0. The van der Waals surface area contributed by atoms with Gasteiger partial charge >= 0.3 is 11.7 Å². The molecule has 37 heavy (non-hydrogen) atoms. The van der Waals surface area contributed by atoms with Gasteiger partial charge in [-0.2, -0.15) is 0 Å². The van der Waals surface area contributed by atoms with Crippen molar-refractivity contribution >= 4 is 61.7 Å². The molecule has 1 N–H and O–H groups in total. The highest BCUT2D eigenvalue weighted by Gasteiger charge is 2.26. The second-order valence-electron chi connectivity index (χ2n) is 8.17.